The minimum absolute atomic E-state index is 0.742. The predicted octanol–water partition coefficient (Wildman–Crippen LogP) is 3.10. The first-order valence-electron chi connectivity index (χ1n) is 7.93. The van der Waals surface area contributed by atoms with Crippen molar-refractivity contribution in [2.75, 3.05) is 46.9 Å². The Kier molecular flexibility index (Phi) is 11.6. The molecule has 1 unspecified atom stereocenters. The second-order valence-electron chi connectivity index (χ2n) is 6.27. The summed E-state index contributed by atoms with van der Waals surface area (Å²) in [6.07, 6.45) is 3.93. The highest BCUT2D eigenvalue weighted by Gasteiger charge is 2.16. The van der Waals surface area contributed by atoms with Crippen LogP contribution in [0.4, 0.5) is 0 Å². The first-order valence-corrected chi connectivity index (χ1v) is 7.93. The molecule has 0 aromatic heterocycles. The zero-order chi connectivity index (χ0) is 14.7. The van der Waals surface area contributed by atoms with Gasteiger partial charge in [0.2, 0.25) is 0 Å². The molecule has 116 valence electrons. The maximum atomic E-state index is 5.33. The Bertz CT molecular complexity index is 189. The minimum atomic E-state index is 0.742. The Hall–Kier alpha value is -0.120. The van der Waals surface area contributed by atoms with Crippen molar-refractivity contribution < 1.29 is 4.74 Å². The van der Waals surface area contributed by atoms with Crippen molar-refractivity contribution in [3.63, 3.8) is 0 Å². The Morgan fingerprint density at radius 1 is 1.05 bits per heavy atom. The largest absolute Gasteiger partial charge is 0.379 e. The van der Waals surface area contributed by atoms with E-state index < -0.39 is 0 Å². The van der Waals surface area contributed by atoms with Crippen molar-refractivity contribution in [1.82, 2.24) is 9.80 Å². The zero-order valence-electron chi connectivity index (χ0n) is 14.1. The van der Waals surface area contributed by atoms with E-state index >= 15 is 0 Å². The molecule has 0 spiro atoms. The van der Waals surface area contributed by atoms with Gasteiger partial charge < -0.3 is 9.64 Å². The second kappa shape index (κ2) is 11.7. The smallest absolute Gasteiger partial charge is 0.0594 e. The van der Waals surface area contributed by atoms with Gasteiger partial charge in [-0.1, -0.05) is 20.8 Å². The van der Waals surface area contributed by atoms with E-state index in [1.54, 1.807) is 0 Å². The van der Waals surface area contributed by atoms with Crippen LogP contribution in [0.15, 0.2) is 0 Å². The zero-order valence-corrected chi connectivity index (χ0v) is 14.1. The molecule has 0 aromatic rings. The topological polar surface area (TPSA) is 15.7 Å². The van der Waals surface area contributed by atoms with E-state index in [1.807, 2.05) is 0 Å². The Morgan fingerprint density at radius 2 is 1.63 bits per heavy atom. The van der Waals surface area contributed by atoms with Crippen LogP contribution in [0, 0.1) is 5.92 Å². The number of morpholine rings is 1. The van der Waals surface area contributed by atoms with E-state index in [4.69, 9.17) is 4.74 Å². The van der Waals surface area contributed by atoms with Gasteiger partial charge in [-0.05, 0) is 52.7 Å². The number of hydrogen-bond acceptors (Lipinski definition) is 3. The molecule has 1 rings (SSSR count). The molecule has 0 bridgehead atoms. The normalized spacial score (nSPS) is 18.3. The van der Waals surface area contributed by atoms with Crippen molar-refractivity contribution in [2.45, 2.75) is 53.0 Å². The fourth-order valence-corrected chi connectivity index (χ4v) is 2.22. The summed E-state index contributed by atoms with van der Waals surface area (Å²) in [6, 6.07) is 0.742. The van der Waals surface area contributed by atoms with Crippen LogP contribution in [0.5, 0.6) is 0 Å². The summed E-state index contributed by atoms with van der Waals surface area (Å²) in [7, 11) is 4.17. The molecule has 1 atom stereocenters. The molecule has 0 aromatic carbocycles. The molecule has 0 radical (unpaired) electrons. The van der Waals surface area contributed by atoms with E-state index in [1.165, 1.54) is 25.8 Å². The van der Waals surface area contributed by atoms with E-state index in [9.17, 15) is 0 Å². The Balaban J connectivity index is 0.000000459. The van der Waals surface area contributed by atoms with Gasteiger partial charge in [-0.25, -0.2) is 0 Å². The molecule has 0 N–H and O–H groups in total. The minimum Gasteiger partial charge on any atom is -0.379 e. The monoisotopic (exact) mass is 272 g/mol. The van der Waals surface area contributed by atoms with Crippen molar-refractivity contribution in [1.29, 1.82) is 0 Å². The van der Waals surface area contributed by atoms with Crippen LogP contribution in [0.25, 0.3) is 0 Å². The van der Waals surface area contributed by atoms with Gasteiger partial charge in [0.25, 0.3) is 0 Å². The molecule has 1 heterocycles. The van der Waals surface area contributed by atoms with Crippen molar-refractivity contribution in [3.05, 3.63) is 0 Å². The molecule has 3 nitrogen and oxygen atoms in total. The number of ether oxygens (including phenoxy) is 1. The third-order valence-corrected chi connectivity index (χ3v) is 3.50. The summed E-state index contributed by atoms with van der Waals surface area (Å²) >= 11 is 0. The van der Waals surface area contributed by atoms with Crippen LogP contribution in [-0.2, 0) is 4.74 Å². The highest BCUT2D eigenvalue weighted by Crippen LogP contribution is 2.12. The standard InChI is InChI=1S/C11H23NO.C5H13N/c1-10(2)4-5-11(3)12-6-8-13-9-7-12;1-4-5-6(2)3/h10-11H,4-9H2,1-3H3;4-5H2,1-3H3. The maximum Gasteiger partial charge on any atom is 0.0594 e. The van der Waals surface area contributed by atoms with Crippen LogP contribution in [0.2, 0.25) is 0 Å². The summed E-state index contributed by atoms with van der Waals surface area (Å²) in [5.41, 5.74) is 0. The number of nitrogens with zero attached hydrogens (tertiary/aromatic N) is 2. The van der Waals surface area contributed by atoms with Gasteiger partial charge in [-0.3, -0.25) is 4.90 Å². The first-order chi connectivity index (χ1) is 8.97. The summed E-state index contributed by atoms with van der Waals surface area (Å²) in [6.45, 7) is 14.4. The molecule has 1 aliphatic heterocycles. The highest BCUT2D eigenvalue weighted by molar-refractivity contribution is 4.70. The SMILES string of the molecule is CC(C)CCC(C)N1CCOCC1.CCCN(C)C. The molecule has 3 heteroatoms. The first kappa shape index (κ1) is 18.9. The molecule has 0 amide bonds. The third-order valence-electron chi connectivity index (χ3n) is 3.50. The molecule has 1 saturated heterocycles. The van der Waals surface area contributed by atoms with E-state index in [2.05, 4.69) is 51.6 Å². The lowest BCUT2D eigenvalue weighted by molar-refractivity contribution is 0.0177. The van der Waals surface area contributed by atoms with Crippen LogP contribution < -0.4 is 0 Å². The van der Waals surface area contributed by atoms with Crippen LogP contribution in [-0.4, -0.2) is 62.8 Å². The average Bonchev–Trinajstić information content (AvgIpc) is 2.37. The maximum absolute atomic E-state index is 5.33. The fourth-order valence-electron chi connectivity index (χ4n) is 2.22. The van der Waals surface area contributed by atoms with Gasteiger partial charge in [-0.2, -0.15) is 0 Å². The van der Waals surface area contributed by atoms with Gasteiger partial charge in [0.15, 0.2) is 0 Å². The lowest BCUT2D eigenvalue weighted by Crippen LogP contribution is -2.42. The van der Waals surface area contributed by atoms with Gasteiger partial charge in [0.1, 0.15) is 0 Å². The molecule has 0 aliphatic carbocycles. The van der Waals surface area contributed by atoms with Gasteiger partial charge in [0.05, 0.1) is 13.2 Å². The lowest BCUT2D eigenvalue weighted by atomic mass is 10.0. The van der Waals surface area contributed by atoms with Gasteiger partial charge in [-0.15, -0.1) is 0 Å². The molecule has 1 fully saturated rings. The second-order valence-corrected chi connectivity index (χ2v) is 6.27. The van der Waals surface area contributed by atoms with Gasteiger partial charge >= 0.3 is 0 Å². The van der Waals surface area contributed by atoms with E-state index in [0.29, 0.717) is 0 Å². The van der Waals surface area contributed by atoms with Crippen molar-refractivity contribution in [3.8, 4) is 0 Å². The molecular weight excluding hydrogens is 236 g/mol. The summed E-state index contributed by atoms with van der Waals surface area (Å²) < 4.78 is 5.33. The van der Waals surface area contributed by atoms with Crippen molar-refractivity contribution >= 4 is 0 Å². The van der Waals surface area contributed by atoms with E-state index in [0.717, 1.165) is 38.3 Å². The van der Waals surface area contributed by atoms with Crippen molar-refractivity contribution in [2.24, 2.45) is 5.92 Å². The number of rotatable bonds is 6. The fraction of sp³-hybridized carbons (Fsp3) is 1.00. The van der Waals surface area contributed by atoms with E-state index in [-0.39, 0.29) is 0 Å². The van der Waals surface area contributed by atoms with Crippen LogP contribution >= 0.6 is 0 Å². The molecule has 0 saturated carbocycles. The lowest BCUT2D eigenvalue weighted by Gasteiger charge is -2.32. The average molecular weight is 272 g/mol. The highest BCUT2D eigenvalue weighted by atomic mass is 16.5. The summed E-state index contributed by atoms with van der Waals surface area (Å²) in [5, 5.41) is 0. The predicted molar refractivity (Wildman–Crippen MR) is 84.8 cm³/mol. The molecular formula is C16H36N2O. The summed E-state index contributed by atoms with van der Waals surface area (Å²) in [5.74, 6) is 0.837. The van der Waals surface area contributed by atoms with Gasteiger partial charge in [0, 0.05) is 19.1 Å². The quantitative estimate of drug-likeness (QED) is 0.739. The number of hydrogen-bond donors (Lipinski definition) is 0. The van der Waals surface area contributed by atoms with Crippen LogP contribution in [0.1, 0.15) is 47.0 Å². The summed E-state index contributed by atoms with van der Waals surface area (Å²) in [4.78, 5) is 4.73. The Morgan fingerprint density at radius 3 is 2.00 bits per heavy atom. The Labute approximate surface area is 121 Å². The molecule has 1 aliphatic rings. The van der Waals surface area contributed by atoms with Crippen LogP contribution in [0.3, 0.4) is 0 Å². The molecule has 19 heavy (non-hydrogen) atoms. The third kappa shape index (κ3) is 11.4.